The average Bonchev–Trinajstić information content (AvgIpc) is 2.35. The van der Waals surface area contributed by atoms with Crippen molar-refractivity contribution in [2.75, 3.05) is 11.9 Å². The molecule has 1 N–H and O–H groups in total. The molecule has 5 nitrogen and oxygen atoms in total. The van der Waals surface area contributed by atoms with Crippen molar-refractivity contribution in [1.82, 2.24) is 5.32 Å². The van der Waals surface area contributed by atoms with E-state index in [4.69, 9.17) is 11.6 Å². The number of benzene rings is 1. The molecule has 0 heterocycles. The second-order valence-electron chi connectivity index (χ2n) is 5.20. The summed E-state index contributed by atoms with van der Waals surface area (Å²) in [7, 11) is 0. The van der Waals surface area contributed by atoms with Gasteiger partial charge in [0.15, 0.2) is 0 Å². The van der Waals surface area contributed by atoms with E-state index in [2.05, 4.69) is 21.2 Å². The van der Waals surface area contributed by atoms with Gasteiger partial charge in [-0.3, -0.25) is 14.9 Å². The fourth-order valence-corrected chi connectivity index (χ4v) is 2.85. The van der Waals surface area contributed by atoms with Gasteiger partial charge in [-0.1, -0.05) is 41.4 Å². The van der Waals surface area contributed by atoms with Crippen LogP contribution in [-0.2, 0) is 0 Å². The number of alkyl halides is 1. The second kappa shape index (κ2) is 7.04. The number of nitro groups is 1. The predicted octanol–water partition coefficient (Wildman–Crippen LogP) is 3.79. The van der Waals surface area contributed by atoms with Crippen LogP contribution in [-0.4, -0.2) is 22.7 Å². The summed E-state index contributed by atoms with van der Waals surface area (Å²) >= 11 is 9.07. The molecule has 0 aromatic heterocycles. The molecule has 0 spiro atoms. The number of hydrogen-bond donors (Lipinski definition) is 1. The minimum Gasteiger partial charge on any atom is -0.351 e. The Morgan fingerprint density at radius 3 is 2.70 bits per heavy atom. The lowest BCUT2D eigenvalue weighted by molar-refractivity contribution is -0.385. The van der Waals surface area contributed by atoms with E-state index in [0.717, 1.165) is 11.8 Å². The normalized spacial score (nSPS) is 11.2. The zero-order valence-electron chi connectivity index (χ0n) is 11.3. The van der Waals surface area contributed by atoms with Crippen molar-refractivity contribution in [3.05, 3.63) is 38.9 Å². The van der Waals surface area contributed by atoms with Gasteiger partial charge in [-0.15, -0.1) is 0 Å². The maximum Gasteiger partial charge on any atom is 0.283 e. The summed E-state index contributed by atoms with van der Waals surface area (Å²) in [4.78, 5) is 22.4. The van der Waals surface area contributed by atoms with Gasteiger partial charge < -0.3 is 5.32 Å². The molecule has 0 radical (unpaired) electrons. The minimum absolute atomic E-state index is 0.0223. The van der Waals surface area contributed by atoms with Gasteiger partial charge in [0.25, 0.3) is 11.6 Å². The average molecular weight is 364 g/mol. The largest absolute Gasteiger partial charge is 0.351 e. The first-order valence-corrected chi connectivity index (χ1v) is 7.55. The lowest BCUT2D eigenvalue weighted by atomic mass is 9.90. The molecule has 0 fully saturated rings. The molecule has 0 aliphatic carbocycles. The van der Waals surface area contributed by atoms with Crippen molar-refractivity contribution in [2.45, 2.75) is 20.3 Å². The van der Waals surface area contributed by atoms with Crippen molar-refractivity contribution in [3.8, 4) is 0 Å². The number of amides is 1. The third-order valence-corrected chi connectivity index (χ3v) is 3.53. The van der Waals surface area contributed by atoms with Gasteiger partial charge in [0.05, 0.1) is 4.92 Å². The number of nitrogens with zero attached hydrogens (tertiary/aromatic N) is 1. The summed E-state index contributed by atoms with van der Waals surface area (Å²) in [6.07, 6.45) is 0.885. The Hall–Kier alpha value is -1.14. The highest BCUT2D eigenvalue weighted by atomic mass is 79.9. The summed E-state index contributed by atoms with van der Waals surface area (Å²) in [5.41, 5.74) is -0.345. The van der Waals surface area contributed by atoms with Crippen LogP contribution in [0.1, 0.15) is 30.6 Å². The lowest BCUT2D eigenvalue weighted by Gasteiger charge is -2.23. The van der Waals surface area contributed by atoms with E-state index in [1.807, 2.05) is 13.8 Å². The molecule has 1 rings (SSSR count). The molecule has 1 aromatic rings. The van der Waals surface area contributed by atoms with E-state index < -0.39 is 10.8 Å². The number of hydrogen-bond acceptors (Lipinski definition) is 3. The number of rotatable bonds is 6. The standard InChI is InChI=1S/C13H16BrClN2O3/c1-13(2,5-6-14)8-16-12(18)10-4-3-9(15)7-11(10)17(19)20/h3-4,7H,5-6,8H2,1-2H3,(H,16,18). The second-order valence-corrected chi connectivity index (χ2v) is 6.43. The first-order chi connectivity index (χ1) is 9.26. The molecule has 7 heteroatoms. The van der Waals surface area contributed by atoms with Crippen LogP contribution in [0.15, 0.2) is 18.2 Å². The maximum atomic E-state index is 12.1. The number of nitro benzene ring substituents is 1. The van der Waals surface area contributed by atoms with Gasteiger partial charge in [-0.25, -0.2) is 0 Å². The first-order valence-electron chi connectivity index (χ1n) is 6.05. The highest BCUT2D eigenvalue weighted by Crippen LogP contribution is 2.24. The molecule has 20 heavy (non-hydrogen) atoms. The van der Waals surface area contributed by atoms with E-state index in [-0.39, 0.29) is 21.7 Å². The van der Waals surface area contributed by atoms with Crippen molar-refractivity contribution < 1.29 is 9.72 Å². The molecule has 110 valence electrons. The van der Waals surface area contributed by atoms with Crippen LogP contribution < -0.4 is 5.32 Å². The third-order valence-electron chi connectivity index (χ3n) is 2.90. The van der Waals surface area contributed by atoms with E-state index in [1.165, 1.54) is 18.2 Å². The van der Waals surface area contributed by atoms with Crippen molar-refractivity contribution in [3.63, 3.8) is 0 Å². The zero-order valence-corrected chi connectivity index (χ0v) is 13.6. The number of carbonyl (C=O) groups is 1. The van der Waals surface area contributed by atoms with E-state index >= 15 is 0 Å². The molecule has 0 unspecified atom stereocenters. The molecule has 0 bridgehead atoms. The fourth-order valence-electron chi connectivity index (χ4n) is 1.61. The molecule has 1 amide bonds. The quantitative estimate of drug-likeness (QED) is 0.475. The van der Waals surface area contributed by atoms with Crippen molar-refractivity contribution in [2.24, 2.45) is 5.41 Å². The van der Waals surface area contributed by atoms with Crippen LogP contribution in [0, 0.1) is 15.5 Å². The van der Waals surface area contributed by atoms with Gasteiger partial charge in [-0.2, -0.15) is 0 Å². The Morgan fingerprint density at radius 1 is 1.50 bits per heavy atom. The van der Waals surface area contributed by atoms with Gasteiger partial charge >= 0.3 is 0 Å². The molecule has 0 saturated heterocycles. The Labute approximate surface area is 131 Å². The molecule has 1 aromatic carbocycles. The Kier molecular flexibility index (Phi) is 5.95. The SMILES string of the molecule is CC(C)(CCBr)CNC(=O)c1ccc(Cl)cc1[N+](=O)[O-]. The van der Waals surface area contributed by atoms with Crippen LogP contribution in [0.3, 0.4) is 0 Å². The topological polar surface area (TPSA) is 72.2 Å². The third kappa shape index (κ3) is 4.76. The van der Waals surface area contributed by atoms with Crippen LogP contribution >= 0.6 is 27.5 Å². The summed E-state index contributed by atoms with van der Waals surface area (Å²) in [6.45, 7) is 4.48. The maximum absolute atomic E-state index is 12.1. The van der Waals surface area contributed by atoms with Crippen molar-refractivity contribution >= 4 is 39.1 Å². The zero-order chi connectivity index (χ0) is 15.3. The van der Waals surface area contributed by atoms with Crippen molar-refractivity contribution in [1.29, 1.82) is 0 Å². The summed E-state index contributed by atoms with van der Waals surface area (Å²) < 4.78 is 0. The molecule has 0 aliphatic heterocycles. The molecular formula is C13H16BrClN2O3. The van der Waals surface area contributed by atoms with E-state index in [9.17, 15) is 14.9 Å². The lowest BCUT2D eigenvalue weighted by Crippen LogP contribution is -2.34. The van der Waals surface area contributed by atoms with Gasteiger partial charge in [-0.05, 0) is 24.0 Å². The number of nitrogens with one attached hydrogen (secondary N) is 1. The molecule has 0 aliphatic rings. The molecular weight excluding hydrogens is 348 g/mol. The van der Waals surface area contributed by atoms with Gasteiger partial charge in [0.1, 0.15) is 5.56 Å². The van der Waals surface area contributed by atoms with Crippen LogP contribution in [0.4, 0.5) is 5.69 Å². The van der Waals surface area contributed by atoms with Gasteiger partial charge in [0, 0.05) is 23.0 Å². The number of carbonyl (C=O) groups excluding carboxylic acids is 1. The first kappa shape index (κ1) is 16.9. The highest BCUT2D eigenvalue weighted by molar-refractivity contribution is 9.09. The van der Waals surface area contributed by atoms with Crippen LogP contribution in [0.5, 0.6) is 0 Å². The Morgan fingerprint density at radius 2 is 2.15 bits per heavy atom. The van der Waals surface area contributed by atoms with E-state index in [0.29, 0.717) is 6.54 Å². The summed E-state index contributed by atoms with van der Waals surface area (Å²) in [5.74, 6) is -0.462. The Balaban J connectivity index is 2.85. The summed E-state index contributed by atoms with van der Waals surface area (Å²) in [6, 6.07) is 4.01. The number of halogens is 2. The fraction of sp³-hybridized carbons (Fsp3) is 0.462. The van der Waals surface area contributed by atoms with Crippen LogP contribution in [0.25, 0.3) is 0 Å². The highest BCUT2D eigenvalue weighted by Gasteiger charge is 2.23. The summed E-state index contributed by atoms with van der Waals surface area (Å²) in [5, 5.41) is 14.7. The minimum atomic E-state index is -0.607. The predicted molar refractivity (Wildman–Crippen MR) is 82.6 cm³/mol. The van der Waals surface area contributed by atoms with Gasteiger partial charge in [0.2, 0.25) is 0 Å². The molecule has 0 saturated carbocycles. The molecule has 0 atom stereocenters. The monoisotopic (exact) mass is 362 g/mol. The van der Waals surface area contributed by atoms with Crippen LogP contribution in [0.2, 0.25) is 5.02 Å². The smallest absolute Gasteiger partial charge is 0.283 e. The Bertz CT molecular complexity index is 520. The van der Waals surface area contributed by atoms with E-state index in [1.54, 1.807) is 0 Å².